The Balaban J connectivity index is 2.15. The third-order valence-corrected chi connectivity index (χ3v) is 3.53. The zero-order chi connectivity index (χ0) is 13.9. The number of carbonyl (C=O) groups excluding carboxylic acids is 1. The largest absolute Gasteiger partial charge is 0.446 e. The van der Waals surface area contributed by atoms with Gasteiger partial charge in [-0.05, 0) is 0 Å². The number of nitriles is 1. The van der Waals surface area contributed by atoms with E-state index in [0.717, 1.165) is 5.56 Å². The van der Waals surface area contributed by atoms with Crippen LogP contribution in [0.3, 0.4) is 0 Å². The Bertz CT molecular complexity index is 799. The Hall–Kier alpha value is -2.65. The molecule has 3 rings (SSSR count). The molecule has 0 saturated heterocycles. The fourth-order valence-electron chi connectivity index (χ4n) is 1.94. The zero-order valence-corrected chi connectivity index (χ0v) is 11.1. The van der Waals surface area contributed by atoms with Crippen molar-refractivity contribution in [2.24, 2.45) is 0 Å². The molecule has 98 valence electrons. The highest BCUT2D eigenvalue weighted by Gasteiger charge is 2.22. The number of thiazole rings is 1. The van der Waals surface area contributed by atoms with Gasteiger partial charge in [0.1, 0.15) is 11.8 Å². The number of imidazole rings is 1. The number of hydrogen-bond donors (Lipinski definition) is 0. The second kappa shape index (κ2) is 5.15. The van der Waals surface area contributed by atoms with Crippen LogP contribution < -0.4 is 0 Å². The molecule has 2 aromatic heterocycles. The van der Waals surface area contributed by atoms with Gasteiger partial charge in [0.2, 0.25) is 0 Å². The molecule has 20 heavy (non-hydrogen) atoms. The van der Waals surface area contributed by atoms with Gasteiger partial charge in [-0.2, -0.15) is 5.26 Å². The summed E-state index contributed by atoms with van der Waals surface area (Å²) in [6.45, 7) is -0.273. The van der Waals surface area contributed by atoms with E-state index in [-0.39, 0.29) is 6.61 Å². The van der Waals surface area contributed by atoms with Crippen molar-refractivity contribution in [2.75, 3.05) is 6.61 Å². The van der Waals surface area contributed by atoms with Crippen LogP contribution in [0, 0.1) is 11.3 Å². The highest BCUT2D eigenvalue weighted by Crippen LogP contribution is 2.27. The molecule has 0 spiro atoms. The third-order valence-electron chi connectivity index (χ3n) is 2.77. The van der Waals surface area contributed by atoms with Gasteiger partial charge in [-0.3, -0.25) is 4.40 Å². The Morgan fingerprint density at radius 1 is 1.40 bits per heavy atom. The molecule has 5 nitrogen and oxygen atoms in total. The maximum absolute atomic E-state index is 12.1. The van der Waals surface area contributed by atoms with Crippen LogP contribution in [-0.4, -0.2) is 22.0 Å². The quantitative estimate of drug-likeness (QED) is 0.693. The van der Waals surface area contributed by atoms with E-state index in [2.05, 4.69) is 4.98 Å². The van der Waals surface area contributed by atoms with Crippen LogP contribution in [0.2, 0.25) is 0 Å². The van der Waals surface area contributed by atoms with E-state index in [1.807, 2.05) is 35.7 Å². The number of hydrogen-bond acceptors (Lipinski definition) is 5. The SMILES string of the molecule is N#CCOC(=O)c1c(-c2ccccc2)nc2sccn12. The van der Waals surface area contributed by atoms with E-state index >= 15 is 0 Å². The van der Waals surface area contributed by atoms with Crippen molar-refractivity contribution in [3.63, 3.8) is 0 Å². The van der Waals surface area contributed by atoms with Gasteiger partial charge in [-0.1, -0.05) is 30.3 Å². The van der Waals surface area contributed by atoms with E-state index in [1.165, 1.54) is 11.3 Å². The van der Waals surface area contributed by atoms with Crippen molar-refractivity contribution in [3.05, 3.63) is 47.6 Å². The van der Waals surface area contributed by atoms with Crippen LogP contribution in [0.4, 0.5) is 0 Å². The number of aromatic nitrogens is 2. The molecule has 0 aliphatic rings. The Morgan fingerprint density at radius 3 is 2.95 bits per heavy atom. The van der Waals surface area contributed by atoms with Crippen LogP contribution in [-0.2, 0) is 4.74 Å². The highest BCUT2D eigenvalue weighted by atomic mass is 32.1. The van der Waals surface area contributed by atoms with Crippen molar-refractivity contribution in [2.45, 2.75) is 0 Å². The first-order valence-electron chi connectivity index (χ1n) is 5.86. The average Bonchev–Trinajstić information content (AvgIpc) is 3.06. The number of esters is 1. The molecule has 0 saturated carbocycles. The molecule has 0 atom stereocenters. The Kier molecular flexibility index (Phi) is 3.19. The van der Waals surface area contributed by atoms with Gasteiger partial charge in [-0.25, -0.2) is 9.78 Å². The second-order valence-corrected chi connectivity index (χ2v) is 4.84. The van der Waals surface area contributed by atoms with Crippen molar-refractivity contribution in [1.82, 2.24) is 9.38 Å². The summed E-state index contributed by atoms with van der Waals surface area (Å²) in [6, 6.07) is 11.2. The minimum Gasteiger partial charge on any atom is -0.446 e. The summed E-state index contributed by atoms with van der Waals surface area (Å²) in [5, 5.41) is 10.4. The van der Waals surface area contributed by atoms with Crippen LogP contribution in [0.25, 0.3) is 16.2 Å². The molecule has 0 aliphatic heterocycles. The molecule has 0 radical (unpaired) electrons. The minimum atomic E-state index is -0.545. The van der Waals surface area contributed by atoms with Gasteiger partial charge < -0.3 is 4.74 Å². The topological polar surface area (TPSA) is 67.4 Å². The van der Waals surface area contributed by atoms with E-state index in [0.29, 0.717) is 16.3 Å². The van der Waals surface area contributed by atoms with Gasteiger partial charge in [0.05, 0.1) is 0 Å². The lowest BCUT2D eigenvalue weighted by Gasteiger charge is -2.03. The summed E-state index contributed by atoms with van der Waals surface area (Å²) in [7, 11) is 0. The average molecular weight is 283 g/mol. The van der Waals surface area contributed by atoms with Gasteiger partial charge in [-0.15, -0.1) is 11.3 Å². The van der Waals surface area contributed by atoms with Gasteiger partial charge in [0, 0.05) is 17.1 Å². The monoisotopic (exact) mass is 283 g/mol. The third kappa shape index (κ3) is 2.04. The fourth-order valence-corrected chi connectivity index (χ4v) is 2.66. The minimum absolute atomic E-state index is 0.273. The number of ether oxygens (including phenoxy) is 1. The van der Waals surface area contributed by atoms with Gasteiger partial charge >= 0.3 is 5.97 Å². The predicted molar refractivity (Wildman–Crippen MR) is 74.4 cm³/mol. The first-order valence-corrected chi connectivity index (χ1v) is 6.74. The standard InChI is InChI=1S/C14H9N3O2S/c15-6-8-19-13(18)12-11(10-4-2-1-3-5-10)16-14-17(12)7-9-20-14/h1-5,7,9H,8H2. The predicted octanol–water partition coefficient (Wildman–Crippen LogP) is 2.74. The van der Waals surface area contributed by atoms with Gasteiger partial charge in [0.15, 0.2) is 17.3 Å². The molecule has 0 unspecified atom stereocenters. The smallest absolute Gasteiger partial charge is 0.358 e. The maximum atomic E-state index is 12.1. The molecule has 0 amide bonds. The summed E-state index contributed by atoms with van der Waals surface area (Å²) in [5.74, 6) is -0.545. The van der Waals surface area contributed by atoms with Crippen LogP contribution in [0.5, 0.6) is 0 Å². The molecule has 6 heteroatoms. The summed E-state index contributed by atoms with van der Waals surface area (Å²) in [6.07, 6.45) is 1.77. The number of nitrogens with zero attached hydrogens (tertiary/aromatic N) is 3. The normalized spacial score (nSPS) is 10.3. The van der Waals surface area contributed by atoms with E-state index < -0.39 is 5.97 Å². The molecule has 0 aliphatic carbocycles. The molecule has 0 bridgehead atoms. The van der Waals surface area contributed by atoms with Crippen molar-refractivity contribution < 1.29 is 9.53 Å². The summed E-state index contributed by atoms with van der Waals surface area (Å²) in [5.41, 5.74) is 1.76. The number of rotatable bonds is 3. The number of fused-ring (bicyclic) bond motifs is 1. The fraction of sp³-hybridized carbons (Fsp3) is 0.0714. The number of benzene rings is 1. The van der Waals surface area contributed by atoms with E-state index in [1.54, 1.807) is 16.7 Å². The van der Waals surface area contributed by atoms with E-state index in [9.17, 15) is 4.79 Å². The second-order valence-electron chi connectivity index (χ2n) is 3.96. The first kappa shape index (κ1) is 12.4. The molecule has 0 N–H and O–H groups in total. The number of carbonyl (C=O) groups is 1. The van der Waals surface area contributed by atoms with Crippen LogP contribution >= 0.6 is 11.3 Å². The molecule has 3 aromatic rings. The first-order chi connectivity index (χ1) is 9.81. The van der Waals surface area contributed by atoms with Crippen molar-refractivity contribution >= 4 is 22.3 Å². The zero-order valence-electron chi connectivity index (χ0n) is 10.3. The lowest BCUT2D eigenvalue weighted by atomic mass is 10.1. The Labute approximate surface area is 118 Å². The molecular formula is C14H9N3O2S. The van der Waals surface area contributed by atoms with Crippen molar-refractivity contribution in [1.29, 1.82) is 5.26 Å². The summed E-state index contributed by atoms with van der Waals surface area (Å²) in [4.78, 5) is 17.3. The maximum Gasteiger partial charge on any atom is 0.358 e. The molecular weight excluding hydrogens is 274 g/mol. The van der Waals surface area contributed by atoms with E-state index in [4.69, 9.17) is 10.00 Å². The summed E-state index contributed by atoms with van der Waals surface area (Å²) >= 11 is 1.44. The lowest BCUT2D eigenvalue weighted by molar-refractivity contribution is 0.0548. The molecule has 2 heterocycles. The summed E-state index contributed by atoms with van der Waals surface area (Å²) < 4.78 is 6.61. The Morgan fingerprint density at radius 2 is 2.20 bits per heavy atom. The molecule has 0 fully saturated rings. The lowest BCUT2D eigenvalue weighted by Crippen LogP contribution is -2.09. The van der Waals surface area contributed by atoms with Crippen LogP contribution in [0.15, 0.2) is 41.9 Å². The molecule has 1 aromatic carbocycles. The van der Waals surface area contributed by atoms with Gasteiger partial charge in [0.25, 0.3) is 0 Å². The van der Waals surface area contributed by atoms with Crippen LogP contribution in [0.1, 0.15) is 10.5 Å². The van der Waals surface area contributed by atoms with Crippen molar-refractivity contribution in [3.8, 4) is 17.3 Å². The highest BCUT2D eigenvalue weighted by molar-refractivity contribution is 7.15.